The first-order valence-electron chi connectivity index (χ1n) is 9.47. The molecule has 2 aliphatic rings. The van der Waals surface area contributed by atoms with Crippen LogP contribution in [0.1, 0.15) is 79.3 Å². The second kappa shape index (κ2) is 7.51. The van der Waals surface area contributed by atoms with Gasteiger partial charge < -0.3 is 19.3 Å². The van der Waals surface area contributed by atoms with Crippen LogP contribution >= 0.6 is 0 Å². The second-order valence-corrected chi connectivity index (χ2v) is 6.97. The third-order valence-corrected chi connectivity index (χ3v) is 5.42. The van der Waals surface area contributed by atoms with E-state index < -0.39 is 11.4 Å². The highest BCUT2D eigenvalue weighted by atomic mass is 16.5. The lowest BCUT2D eigenvalue weighted by Crippen LogP contribution is -2.53. The van der Waals surface area contributed by atoms with Crippen molar-refractivity contribution in [2.45, 2.75) is 64.5 Å². The van der Waals surface area contributed by atoms with E-state index in [1.807, 2.05) is 18.7 Å². The van der Waals surface area contributed by atoms with Crippen molar-refractivity contribution in [3.05, 3.63) is 27.7 Å². The minimum absolute atomic E-state index is 0.0105. The number of aromatic carboxylic acids is 1. The van der Waals surface area contributed by atoms with E-state index in [4.69, 9.17) is 4.74 Å². The number of carboxylic acids is 1. The van der Waals surface area contributed by atoms with Crippen molar-refractivity contribution in [3.63, 3.8) is 0 Å². The van der Waals surface area contributed by atoms with Gasteiger partial charge >= 0.3 is 5.97 Å². The lowest BCUT2D eigenvalue weighted by atomic mass is 9.86. The summed E-state index contributed by atoms with van der Waals surface area (Å²) < 4.78 is 7.38. The van der Waals surface area contributed by atoms with E-state index in [0.29, 0.717) is 6.54 Å². The first-order chi connectivity index (χ1) is 12.5. The van der Waals surface area contributed by atoms with Gasteiger partial charge in [-0.05, 0) is 26.2 Å². The van der Waals surface area contributed by atoms with E-state index in [1.54, 1.807) is 4.57 Å². The second-order valence-electron chi connectivity index (χ2n) is 6.97. The Hall–Kier alpha value is -2.31. The average Bonchev–Trinajstić information content (AvgIpc) is 2.63. The smallest absolute Gasteiger partial charge is 0.341 e. The van der Waals surface area contributed by atoms with Gasteiger partial charge in [0.2, 0.25) is 5.43 Å². The van der Waals surface area contributed by atoms with Crippen molar-refractivity contribution in [1.82, 2.24) is 9.47 Å². The summed E-state index contributed by atoms with van der Waals surface area (Å²) in [6.07, 6.45) is 6.78. The third kappa shape index (κ3) is 2.99. The van der Waals surface area contributed by atoms with Gasteiger partial charge in [0.05, 0.1) is 18.7 Å². The number of hydrogen-bond donors (Lipinski definition) is 1. The van der Waals surface area contributed by atoms with Crippen LogP contribution in [0.3, 0.4) is 0 Å². The van der Waals surface area contributed by atoms with E-state index in [-0.39, 0.29) is 41.6 Å². The van der Waals surface area contributed by atoms with Crippen LogP contribution in [0.15, 0.2) is 11.0 Å². The van der Waals surface area contributed by atoms with Gasteiger partial charge in [-0.25, -0.2) is 4.79 Å². The fourth-order valence-corrected chi connectivity index (χ4v) is 4.13. The number of nitrogens with zero attached hydrogens (tertiary/aromatic N) is 2. The fourth-order valence-electron chi connectivity index (χ4n) is 4.13. The highest BCUT2D eigenvalue weighted by molar-refractivity contribution is 5.98. The lowest BCUT2D eigenvalue weighted by Gasteiger charge is -2.45. The Morgan fingerprint density at radius 3 is 2.54 bits per heavy atom. The molecule has 7 nitrogen and oxygen atoms in total. The molecule has 2 atom stereocenters. The summed E-state index contributed by atoms with van der Waals surface area (Å²) in [5.41, 5.74) is -0.832. The number of carboxylic acid groups (broad SMARTS) is 1. The number of aromatic nitrogens is 1. The molecule has 0 spiro atoms. The average molecular weight is 362 g/mol. The van der Waals surface area contributed by atoms with Gasteiger partial charge in [-0.2, -0.15) is 0 Å². The third-order valence-electron chi connectivity index (χ3n) is 5.42. The molecule has 0 radical (unpaired) electrons. The minimum atomic E-state index is -1.29. The van der Waals surface area contributed by atoms with Crippen molar-refractivity contribution >= 4 is 11.9 Å². The maximum atomic E-state index is 13.1. The molecule has 0 bridgehead atoms. The van der Waals surface area contributed by atoms with Crippen LogP contribution < -0.4 is 10.2 Å². The summed E-state index contributed by atoms with van der Waals surface area (Å²) in [4.78, 5) is 39.2. The van der Waals surface area contributed by atoms with Gasteiger partial charge in [-0.15, -0.1) is 0 Å². The van der Waals surface area contributed by atoms with Crippen molar-refractivity contribution in [1.29, 1.82) is 0 Å². The molecular formula is C19H26N2O5. The largest absolute Gasteiger partial charge is 0.487 e. The highest BCUT2D eigenvalue weighted by Crippen LogP contribution is 2.39. The molecule has 3 rings (SSSR count). The van der Waals surface area contributed by atoms with Crippen LogP contribution in [0.25, 0.3) is 0 Å². The molecule has 26 heavy (non-hydrogen) atoms. The Morgan fingerprint density at radius 1 is 1.23 bits per heavy atom. The number of likely N-dealkylation sites (N-methyl/N-ethyl adjacent to an activating group) is 1. The number of carbonyl (C=O) groups excluding carboxylic acids is 1. The van der Waals surface area contributed by atoms with E-state index in [9.17, 15) is 19.5 Å². The lowest BCUT2D eigenvalue weighted by molar-refractivity contribution is 0.0436. The standard InChI is InChI=1S/C19H26N2O5/c1-3-5-10-26-17-15-18(23)20(4-2)13-8-6-7-9-14(13)21(15)11-12(16(17)22)19(24)25/h11,13-14H,3-10H2,1-2H3,(H,24,25)/t13-,14+/m0/s1. The molecule has 1 N–H and O–H groups in total. The topological polar surface area (TPSA) is 88.8 Å². The van der Waals surface area contributed by atoms with Crippen molar-refractivity contribution < 1.29 is 19.4 Å². The van der Waals surface area contributed by atoms with Crippen molar-refractivity contribution in [2.75, 3.05) is 13.2 Å². The molecule has 1 aromatic rings. The van der Waals surface area contributed by atoms with Crippen molar-refractivity contribution in [3.8, 4) is 5.75 Å². The highest BCUT2D eigenvalue weighted by Gasteiger charge is 2.42. The molecule has 0 aromatic carbocycles. The normalized spacial score (nSPS) is 21.9. The number of ether oxygens (including phenoxy) is 1. The summed E-state index contributed by atoms with van der Waals surface area (Å²) >= 11 is 0. The summed E-state index contributed by atoms with van der Waals surface area (Å²) in [6, 6.07) is 0.0324. The van der Waals surface area contributed by atoms with E-state index >= 15 is 0 Å². The minimum Gasteiger partial charge on any atom is -0.487 e. The molecule has 1 fully saturated rings. The molecule has 7 heteroatoms. The number of amides is 1. The summed E-state index contributed by atoms with van der Waals surface area (Å²) in [5, 5.41) is 9.46. The van der Waals surface area contributed by atoms with Gasteiger partial charge in [0.25, 0.3) is 5.91 Å². The number of unbranched alkanes of at least 4 members (excludes halogenated alkanes) is 1. The Kier molecular flexibility index (Phi) is 5.34. The predicted molar refractivity (Wildman–Crippen MR) is 96.1 cm³/mol. The summed E-state index contributed by atoms with van der Waals surface area (Å²) in [5.74, 6) is -1.63. The van der Waals surface area contributed by atoms with E-state index in [2.05, 4.69) is 0 Å². The molecule has 1 aromatic heterocycles. The summed E-state index contributed by atoms with van der Waals surface area (Å²) in [6.45, 7) is 4.77. The first kappa shape index (κ1) is 18.5. The Morgan fingerprint density at radius 2 is 1.92 bits per heavy atom. The Balaban J connectivity index is 2.19. The van der Waals surface area contributed by atoms with Crippen LogP contribution in [-0.2, 0) is 0 Å². The Bertz CT molecular complexity index is 770. The molecule has 1 aliphatic carbocycles. The van der Waals surface area contributed by atoms with E-state index in [1.165, 1.54) is 6.20 Å². The maximum Gasteiger partial charge on any atom is 0.341 e. The van der Waals surface area contributed by atoms with Crippen LogP contribution in [-0.4, -0.2) is 45.6 Å². The molecule has 2 heterocycles. The van der Waals surface area contributed by atoms with Crippen LogP contribution in [0.2, 0.25) is 0 Å². The number of rotatable bonds is 6. The van der Waals surface area contributed by atoms with Crippen LogP contribution in [0.5, 0.6) is 5.75 Å². The predicted octanol–water partition coefficient (Wildman–Crippen LogP) is 2.68. The zero-order chi connectivity index (χ0) is 18.8. The molecule has 0 unspecified atom stereocenters. The number of hydrogen-bond acceptors (Lipinski definition) is 4. The zero-order valence-electron chi connectivity index (χ0n) is 15.4. The molecule has 1 aliphatic heterocycles. The molecular weight excluding hydrogens is 336 g/mol. The number of carbonyl (C=O) groups is 2. The van der Waals surface area contributed by atoms with E-state index in [0.717, 1.165) is 38.5 Å². The molecule has 0 saturated heterocycles. The van der Waals surface area contributed by atoms with Gasteiger partial charge in [-0.3, -0.25) is 9.59 Å². The zero-order valence-corrected chi connectivity index (χ0v) is 15.4. The molecule has 142 valence electrons. The van der Waals surface area contributed by atoms with Gasteiger partial charge in [0.1, 0.15) is 5.56 Å². The van der Waals surface area contributed by atoms with Gasteiger partial charge in [0.15, 0.2) is 11.4 Å². The SMILES string of the molecule is CCCCOc1c2n(cc(C(=O)O)c1=O)[C@@H]1CCCC[C@@H]1N(CC)C2=O. The first-order valence-corrected chi connectivity index (χ1v) is 9.47. The van der Waals surface area contributed by atoms with Crippen molar-refractivity contribution in [2.24, 2.45) is 0 Å². The molecule has 1 amide bonds. The van der Waals surface area contributed by atoms with Crippen LogP contribution in [0.4, 0.5) is 0 Å². The van der Waals surface area contributed by atoms with Gasteiger partial charge in [0, 0.05) is 12.7 Å². The summed E-state index contributed by atoms with van der Waals surface area (Å²) in [7, 11) is 0. The number of fused-ring (bicyclic) bond motifs is 3. The van der Waals surface area contributed by atoms with Gasteiger partial charge in [-0.1, -0.05) is 26.2 Å². The quantitative estimate of drug-likeness (QED) is 0.786. The molecule has 1 saturated carbocycles. The number of pyridine rings is 1. The monoisotopic (exact) mass is 362 g/mol. The Labute approximate surface area is 152 Å². The fraction of sp³-hybridized carbons (Fsp3) is 0.632. The maximum absolute atomic E-state index is 13.1. The van der Waals surface area contributed by atoms with Crippen LogP contribution in [0, 0.1) is 0 Å².